The Morgan fingerprint density at radius 2 is 1.87 bits per heavy atom. The standard InChI is InChI=1S/C17H18ClFN2S2/c18-14-8-6-13(7-9-14)12-23-11-3-10-20-17(22)21-16-5-2-1-4-15(16)19/h1-2,4-9H,3,10-12H2,(H2,20,21,22). The molecule has 0 saturated heterocycles. The van der Waals surface area contributed by atoms with E-state index in [1.165, 1.54) is 11.6 Å². The maximum atomic E-state index is 13.5. The van der Waals surface area contributed by atoms with Crippen molar-refractivity contribution in [3.05, 3.63) is 64.9 Å². The second-order valence-electron chi connectivity index (χ2n) is 4.89. The van der Waals surface area contributed by atoms with Crippen molar-refractivity contribution in [3.8, 4) is 0 Å². The van der Waals surface area contributed by atoms with Crippen LogP contribution in [0.3, 0.4) is 0 Å². The first kappa shape index (κ1) is 18.0. The van der Waals surface area contributed by atoms with Crippen molar-refractivity contribution in [2.24, 2.45) is 0 Å². The van der Waals surface area contributed by atoms with Crippen molar-refractivity contribution in [1.82, 2.24) is 5.32 Å². The summed E-state index contributed by atoms with van der Waals surface area (Å²) in [6.45, 7) is 0.758. The molecule has 0 fully saturated rings. The predicted octanol–water partition coefficient (Wildman–Crippen LogP) is 5.09. The lowest BCUT2D eigenvalue weighted by Crippen LogP contribution is -2.29. The van der Waals surface area contributed by atoms with Gasteiger partial charge in [0.2, 0.25) is 0 Å². The number of thioether (sulfide) groups is 1. The van der Waals surface area contributed by atoms with E-state index in [1.54, 1.807) is 18.2 Å². The Bertz CT molecular complexity index is 635. The highest BCUT2D eigenvalue weighted by atomic mass is 35.5. The predicted molar refractivity (Wildman–Crippen MR) is 103 cm³/mol. The van der Waals surface area contributed by atoms with Crippen LogP contribution in [0.1, 0.15) is 12.0 Å². The number of anilines is 1. The molecule has 2 N–H and O–H groups in total. The van der Waals surface area contributed by atoms with E-state index in [2.05, 4.69) is 10.6 Å². The lowest BCUT2D eigenvalue weighted by atomic mass is 10.2. The van der Waals surface area contributed by atoms with Gasteiger partial charge in [-0.25, -0.2) is 4.39 Å². The summed E-state index contributed by atoms with van der Waals surface area (Å²) >= 11 is 12.9. The minimum absolute atomic E-state index is 0.310. The molecule has 122 valence electrons. The van der Waals surface area contributed by atoms with Crippen LogP contribution in [-0.2, 0) is 5.75 Å². The van der Waals surface area contributed by atoms with Gasteiger partial charge in [-0.3, -0.25) is 0 Å². The van der Waals surface area contributed by atoms with E-state index >= 15 is 0 Å². The fourth-order valence-corrected chi connectivity index (χ4v) is 3.13. The molecular formula is C17H18ClFN2S2. The zero-order chi connectivity index (χ0) is 16.5. The van der Waals surface area contributed by atoms with Crippen LogP contribution in [0.15, 0.2) is 48.5 Å². The third-order valence-corrected chi connectivity index (χ3v) is 4.67. The van der Waals surface area contributed by atoms with Gasteiger partial charge in [0.05, 0.1) is 5.69 Å². The molecule has 0 spiro atoms. The normalized spacial score (nSPS) is 10.3. The Hall–Kier alpha value is -1.30. The molecule has 2 aromatic rings. The van der Waals surface area contributed by atoms with Gasteiger partial charge in [0.15, 0.2) is 5.11 Å². The maximum Gasteiger partial charge on any atom is 0.170 e. The van der Waals surface area contributed by atoms with E-state index < -0.39 is 0 Å². The van der Waals surface area contributed by atoms with E-state index in [4.69, 9.17) is 23.8 Å². The van der Waals surface area contributed by atoms with Crippen molar-refractivity contribution >= 4 is 46.4 Å². The third-order valence-electron chi connectivity index (χ3n) is 3.06. The molecule has 0 aliphatic carbocycles. The molecule has 0 unspecified atom stereocenters. The summed E-state index contributed by atoms with van der Waals surface area (Å²) < 4.78 is 13.5. The van der Waals surface area contributed by atoms with Crippen LogP contribution in [0.25, 0.3) is 0 Å². The molecule has 0 aliphatic heterocycles. The number of hydrogen-bond donors (Lipinski definition) is 2. The molecule has 0 heterocycles. The van der Waals surface area contributed by atoms with E-state index in [-0.39, 0.29) is 5.82 Å². The number of thiocarbonyl (C=S) groups is 1. The van der Waals surface area contributed by atoms with Gasteiger partial charge in [-0.1, -0.05) is 35.9 Å². The molecule has 6 heteroatoms. The second-order valence-corrected chi connectivity index (χ2v) is 6.84. The Balaban J connectivity index is 1.57. The van der Waals surface area contributed by atoms with Crippen LogP contribution >= 0.6 is 35.6 Å². The third kappa shape index (κ3) is 6.77. The van der Waals surface area contributed by atoms with Gasteiger partial charge in [-0.05, 0) is 54.2 Å². The number of benzene rings is 2. The molecule has 2 rings (SSSR count). The first-order chi connectivity index (χ1) is 11.1. The average Bonchev–Trinajstić information content (AvgIpc) is 2.54. The van der Waals surface area contributed by atoms with Crippen molar-refractivity contribution in [2.45, 2.75) is 12.2 Å². The molecule has 0 radical (unpaired) electrons. The molecule has 0 bridgehead atoms. The quantitative estimate of drug-likeness (QED) is 0.525. The Labute approximate surface area is 150 Å². The molecule has 0 aromatic heterocycles. The highest BCUT2D eigenvalue weighted by Gasteiger charge is 2.02. The topological polar surface area (TPSA) is 24.1 Å². The Morgan fingerprint density at radius 1 is 1.13 bits per heavy atom. The highest BCUT2D eigenvalue weighted by molar-refractivity contribution is 7.98. The van der Waals surface area contributed by atoms with E-state index in [0.717, 1.165) is 29.5 Å². The van der Waals surface area contributed by atoms with Gasteiger partial charge < -0.3 is 10.6 Å². The summed E-state index contributed by atoms with van der Waals surface area (Å²) in [7, 11) is 0. The molecule has 0 atom stereocenters. The van der Waals surface area contributed by atoms with Gasteiger partial charge in [0.25, 0.3) is 0 Å². The molecule has 0 aliphatic rings. The molecular weight excluding hydrogens is 351 g/mol. The number of para-hydroxylation sites is 1. The maximum absolute atomic E-state index is 13.5. The highest BCUT2D eigenvalue weighted by Crippen LogP contribution is 2.16. The SMILES string of the molecule is Fc1ccccc1NC(=S)NCCCSCc1ccc(Cl)cc1. The van der Waals surface area contributed by atoms with Crippen LogP contribution in [-0.4, -0.2) is 17.4 Å². The molecule has 2 nitrogen and oxygen atoms in total. The Morgan fingerprint density at radius 3 is 2.61 bits per heavy atom. The Kier molecular flexibility index (Phi) is 7.65. The summed E-state index contributed by atoms with van der Waals surface area (Å²) in [5, 5.41) is 7.15. The van der Waals surface area contributed by atoms with Gasteiger partial charge in [0.1, 0.15) is 5.82 Å². The first-order valence-electron chi connectivity index (χ1n) is 7.27. The van der Waals surface area contributed by atoms with Gasteiger partial charge >= 0.3 is 0 Å². The number of hydrogen-bond acceptors (Lipinski definition) is 2. The van der Waals surface area contributed by atoms with Gasteiger partial charge in [0, 0.05) is 17.3 Å². The number of nitrogens with one attached hydrogen (secondary N) is 2. The van der Waals surface area contributed by atoms with Crippen LogP contribution in [0, 0.1) is 5.82 Å². The molecule has 23 heavy (non-hydrogen) atoms. The summed E-state index contributed by atoms with van der Waals surface area (Å²) in [6.07, 6.45) is 0.983. The van der Waals surface area contributed by atoms with Crippen LogP contribution in [0.2, 0.25) is 5.02 Å². The largest absolute Gasteiger partial charge is 0.362 e. The summed E-state index contributed by atoms with van der Waals surface area (Å²) in [6, 6.07) is 14.4. The molecule has 0 amide bonds. The van der Waals surface area contributed by atoms with E-state index in [9.17, 15) is 4.39 Å². The van der Waals surface area contributed by atoms with Gasteiger partial charge in [-0.2, -0.15) is 11.8 Å². The number of halogens is 2. The lowest BCUT2D eigenvalue weighted by molar-refractivity contribution is 0.632. The number of rotatable bonds is 7. The second kappa shape index (κ2) is 9.75. The molecule has 2 aromatic carbocycles. The van der Waals surface area contributed by atoms with Crippen molar-refractivity contribution in [3.63, 3.8) is 0 Å². The minimum atomic E-state index is -0.310. The monoisotopic (exact) mass is 368 g/mol. The van der Waals surface area contributed by atoms with Crippen LogP contribution in [0.4, 0.5) is 10.1 Å². The first-order valence-corrected chi connectivity index (χ1v) is 9.21. The van der Waals surface area contributed by atoms with Gasteiger partial charge in [-0.15, -0.1) is 0 Å². The molecule has 0 saturated carbocycles. The summed E-state index contributed by atoms with van der Waals surface area (Å²) in [5.74, 6) is 1.68. The zero-order valence-electron chi connectivity index (χ0n) is 12.5. The summed E-state index contributed by atoms with van der Waals surface area (Å²) in [5.41, 5.74) is 1.66. The van der Waals surface area contributed by atoms with Crippen molar-refractivity contribution in [1.29, 1.82) is 0 Å². The van der Waals surface area contributed by atoms with E-state index in [1.807, 2.05) is 36.0 Å². The minimum Gasteiger partial charge on any atom is -0.362 e. The van der Waals surface area contributed by atoms with Crippen LogP contribution in [0.5, 0.6) is 0 Å². The fraction of sp³-hybridized carbons (Fsp3) is 0.235. The fourth-order valence-electron chi connectivity index (χ4n) is 1.88. The van der Waals surface area contributed by atoms with Crippen molar-refractivity contribution < 1.29 is 4.39 Å². The smallest absolute Gasteiger partial charge is 0.170 e. The van der Waals surface area contributed by atoms with Crippen molar-refractivity contribution in [2.75, 3.05) is 17.6 Å². The van der Waals surface area contributed by atoms with Crippen LogP contribution < -0.4 is 10.6 Å². The zero-order valence-corrected chi connectivity index (χ0v) is 14.9. The van der Waals surface area contributed by atoms with E-state index in [0.29, 0.717) is 10.8 Å². The lowest BCUT2D eigenvalue weighted by Gasteiger charge is -2.11. The average molecular weight is 369 g/mol. The summed E-state index contributed by atoms with van der Waals surface area (Å²) in [4.78, 5) is 0.